The van der Waals surface area contributed by atoms with Gasteiger partial charge in [0.1, 0.15) is 0 Å². The van der Waals surface area contributed by atoms with E-state index in [0.717, 1.165) is 23.0 Å². The number of benzene rings is 2. The first-order chi connectivity index (χ1) is 9.74. The molecule has 2 N–H and O–H groups in total. The predicted molar refractivity (Wildman–Crippen MR) is 83.6 cm³/mol. The van der Waals surface area contributed by atoms with Crippen LogP contribution in [-0.4, -0.2) is 4.98 Å². The lowest BCUT2D eigenvalue weighted by molar-refractivity contribution is 0.726. The second kappa shape index (κ2) is 5.43. The fraction of sp³-hybridized carbons (Fsp3) is 0.167. The van der Waals surface area contributed by atoms with Crippen LogP contribution >= 0.6 is 0 Å². The highest BCUT2D eigenvalue weighted by atomic mass is 14.7. The second-order valence-electron chi connectivity index (χ2n) is 5.17. The van der Waals surface area contributed by atoms with Crippen molar-refractivity contribution in [2.24, 2.45) is 5.73 Å². The van der Waals surface area contributed by atoms with Gasteiger partial charge >= 0.3 is 0 Å². The first kappa shape index (κ1) is 12.8. The van der Waals surface area contributed by atoms with Crippen LogP contribution < -0.4 is 5.73 Å². The van der Waals surface area contributed by atoms with E-state index in [0.29, 0.717) is 0 Å². The minimum atomic E-state index is -0.0102. The Labute approximate surface area is 119 Å². The third-order valence-electron chi connectivity index (χ3n) is 3.57. The van der Waals surface area contributed by atoms with Crippen molar-refractivity contribution in [2.45, 2.75) is 19.4 Å². The van der Waals surface area contributed by atoms with E-state index < -0.39 is 0 Å². The van der Waals surface area contributed by atoms with E-state index in [1.165, 1.54) is 11.1 Å². The Morgan fingerprint density at radius 2 is 1.70 bits per heavy atom. The Balaban J connectivity index is 2.01. The molecule has 0 bridgehead atoms. The van der Waals surface area contributed by atoms with Crippen LogP contribution in [0.4, 0.5) is 0 Å². The van der Waals surface area contributed by atoms with Crippen molar-refractivity contribution in [2.75, 3.05) is 0 Å². The van der Waals surface area contributed by atoms with Gasteiger partial charge in [-0.05, 0) is 36.6 Å². The van der Waals surface area contributed by atoms with Gasteiger partial charge in [-0.1, -0.05) is 48.5 Å². The summed E-state index contributed by atoms with van der Waals surface area (Å²) < 4.78 is 0. The maximum atomic E-state index is 6.43. The van der Waals surface area contributed by atoms with Gasteiger partial charge in [0.15, 0.2) is 0 Å². The summed E-state index contributed by atoms with van der Waals surface area (Å²) in [6.07, 6.45) is 0.842. The maximum Gasteiger partial charge on any atom is 0.0708 e. The first-order valence-corrected chi connectivity index (χ1v) is 6.90. The summed E-state index contributed by atoms with van der Waals surface area (Å²) in [5, 5.41) is 1.15. The second-order valence-corrected chi connectivity index (χ2v) is 5.17. The zero-order chi connectivity index (χ0) is 13.9. The van der Waals surface area contributed by atoms with Crippen LogP contribution in [0.25, 0.3) is 10.9 Å². The molecule has 0 spiro atoms. The largest absolute Gasteiger partial charge is 0.324 e. The van der Waals surface area contributed by atoms with E-state index in [1.54, 1.807) is 0 Å². The van der Waals surface area contributed by atoms with Crippen molar-refractivity contribution < 1.29 is 0 Å². The molecule has 0 fully saturated rings. The fourth-order valence-corrected chi connectivity index (χ4v) is 2.63. The van der Waals surface area contributed by atoms with E-state index in [9.17, 15) is 0 Å². The van der Waals surface area contributed by atoms with Crippen LogP contribution in [0.1, 0.15) is 22.9 Å². The van der Waals surface area contributed by atoms with Crippen LogP contribution in [0.15, 0.2) is 60.7 Å². The summed E-state index contributed by atoms with van der Waals surface area (Å²) >= 11 is 0. The summed E-state index contributed by atoms with van der Waals surface area (Å²) in [4.78, 5) is 4.57. The molecule has 0 radical (unpaired) electrons. The van der Waals surface area contributed by atoms with Crippen molar-refractivity contribution in [3.63, 3.8) is 0 Å². The molecule has 0 saturated heterocycles. The molecule has 100 valence electrons. The number of para-hydroxylation sites is 1. The van der Waals surface area contributed by atoms with Crippen molar-refractivity contribution >= 4 is 10.9 Å². The third-order valence-corrected chi connectivity index (χ3v) is 3.57. The van der Waals surface area contributed by atoms with E-state index >= 15 is 0 Å². The number of hydrogen-bond acceptors (Lipinski definition) is 2. The van der Waals surface area contributed by atoms with Crippen LogP contribution in [0, 0.1) is 6.92 Å². The molecule has 3 aromatic rings. The molecule has 1 aromatic heterocycles. The Hall–Kier alpha value is -2.19. The van der Waals surface area contributed by atoms with E-state index in [2.05, 4.69) is 41.4 Å². The summed E-state index contributed by atoms with van der Waals surface area (Å²) in [5.74, 6) is 0. The number of fused-ring (bicyclic) bond motifs is 1. The third kappa shape index (κ3) is 2.56. The molecular weight excluding hydrogens is 244 g/mol. The smallest absolute Gasteiger partial charge is 0.0708 e. The number of hydrogen-bond donors (Lipinski definition) is 1. The van der Waals surface area contributed by atoms with Crippen LogP contribution in [-0.2, 0) is 6.42 Å². The summed E-state index contributed by atoms with van der Waals surface area (Å²) in [6, 6.07) is 20.7. The molecule has 2 heteroatoms. The number of nitrogens with two attached hydrogens (primary N) is 1. The molecule has 0 amide bonds. The van der Waals surface area contributed by atoms with Gasteiger partial charge < -0.3 is 5.73 Å². The zero-order valence-corrected chi connectivity index (χ0v) is 11.6. The van der Waals surface area contributed by atoms with Gasteiger partial charge in [0.05, 0.1) is 5.52 Å². The molecule has 2 aromatic carbocycles. The van der Waals surface area contributed by atoms with Crippen molar-refractivity contribution in [3.05, 3.63) is 77.5 Å². The lowest BCUT2D eigenvalue weighted by Gasteiger charge is -2.15. The average Bonchev–Trinajstić information content (AvgIpc) is 2.47. The minimum absolute atomic E-state index is 0.0102. The number of pyridine rings is 1. The Morgan fingerprint density at radius 1 is 1.00 bits per heavy atom. The molecular formula is C18H18N2. The van der Waals surface area contributed by atoms with Gasteiger partial charge in [-0.2, -0.15) is 0 Å². The van der Waals surface area contributed by atoms with Crippen molar-refractivity contribution in [3.8, 4) is 0 Å². The van der Waals surface area contributed by atoms with E-state index in [4.69, 9.17) is 5.73 Å². The summed E-state index contributed by atoms with van der Waals surface area (Å²) in [7, 11) is 0. The van der Waals surface area contributed by atoms with E-state index in [-0.39, 0.29) is 6.04 Å². The predicted octanol–water partition coefficient (Wildman–Crippen LogP) is 3.79. The Morgan fingerprint density at radius 3 is 2.50 bits per heavy atom. The van der Waals surface area contributed by atoms with Gasteiger partial charge in [-0.25, -0.2) is 0 Å². The molecule has 0 saturated carbocycles. The first-order valence-electron chi connectivity index (χ1n) is 6.90. The minimum Gasteiger partial charge on any atom is -0.324 e. The van der Waals surface area contributed by atoms with Gasteiger partial charge in [0.2, 0.25) is 0 Å². The molecule has 2 nitrogen and oxygen atoms in total. The van der Waals surface area contributed by atoms with Crippen LogP contribution in [0.3, 0.4) is 0 Å². The fourth-order valence-electron chi connectivity index (χ4n) is 2.63. The topological polar surface area (TPSA) is 38.9 Å². The number of aromatic nitrogens is 1. The van der Waals surface area contributed by atoms with Gasteiger partial charge in [0, 0.05) is 17.1 Å². The molecule has 0 aliphatic heterocycles. The van der Waals surface area contributed by atoms with Gasteiger partial charge in [-0.15, -0.1) is 0 Å². The maximum absolute atomic E-state index is 6.43. The lowest BCUT2D eigenvalue weighted by atomic mass is 9.96. The van der Waals surface area contributed by atoms with Gasteiger partial charge in [0.25, 0.3) is 0 Å². The standard InChI is InChI=1S/C18H18N2/c1-13-11-16(15-9-5-6-10-18(15)20-13)17(19)12-14-7-3-2-4-8-14/h2-11,17H,12,19H2,1H3. The van der Waals surface area contributed by atoms with Crippen LogP contribution in [0.2, 0.25) is 0 Å². The molecule has 1 atom stereocenters. The number of rotatable bonds is 3. The average molecular weight is 262 g/mol. The summed E-state index contributed by atoms with van der Waals surface area (Å²) in [6.45, 7) is 2.02. The van der Waals surface area contributed by atoms with E-state index in [1.807, 2.05) is 31.2 Å². The monoisotopic (exact) mass is 262 g/mol. The Kier molecular flexibility index (Phi) is 3.48. The van der Waals surface area contributed by atoms with Gasteiger partial charge in [-0.3, -0.25) is 4.98 Å². The highest BCUT2D eigenvalue weighted by molar-refractivity contribution is 5.82. The summed E-state index contributed by atoms with van der Waals surface area (Å²) in [5.41, 5.74) is 10.9. The zero-order valence-electron chi connectivity index (χ0n) is 11.6. The normalized spacial score (nSPS) is 12.5. The number of aryl methyl sites for hydroxylation is 1. The number of nitrogens with zero attached hydrogens (tertiary/aromatic N) is 1. The van der Waals surface area contributed by atoms with Crippen LogP contribution in [0.5, 0.6) is 0 Å². The Bertz CT molecular complexity index is 720. The molecule has 3 rings (SSSR count). The highest BCUT2D eigenvalue weighted by Crippen LogP contribution is 2.25. The SMILES string of the molecule is Cc1cc(C(N)Cc2ccccc2)c2ccccc2n1. The molecule has 1 heterocycles. The lowest BCUT2D eigenvalue weighted by Crippen LogP contribution is -2.14. The quantitative estimate of drug-likeness (QED) is 0.780. The van der Waals surface area contributed by atoms with Crippen molar-refractivity contribution in [1.29, 1.82) is 0 Å². The highest BCUT2D eigenvalue weighted by Gasteiger charge is 2.12. The molecule has 20 heavy (non-hydrogen) atoms. The van der Waals surface area contributed by atoms with Crippen molar-refractivity contribution in [1.82, 2.24) is 4.98 Å². The molecule has 0 aliphatic carbocycles. The molecule has 1 unspecified atom stereocenters. The molecule has 0 aliphatic rings.